The monoisotopic (exact) mass is 198 g/mol. The maximum atomic E-state index is 10.5. The first-order valence-electron chi connectivity index (χ1n) is 4.47. The Morgan fingerprint density at radius 2 is 2.43 bits per heavy atom. The van der Waals surface area contributed by atoms with Gasteiger partial charge in [-0.05, 0) is 13.8 Å². The van der Waals surface area contributed by atoms with Crippen molar-refractivity contribution in [2.24, 2.45) is 0 Å². The molecule has 0 atom stereocenters. The van der Waals surface area contributed by atoms with Gasteiger partial charge in [-0.3, -0.25) is 4.68 Å². The second kappa shape index (κ2) is 4.76. The van der Waals surface area contributed by atoms with E-state index < -0.39 is 5.97 Å². The minimum absolute atomic E-state index is 0.185. The normalized spacial score (nSPS) is 10.8. The molecule has 1 rings (SSSR count). The van der Waals surface area contributed by atoms with Crippen LogP contribution >= 0.6 is 0 Å². The standard InChI is InChI=1S/C9H14N2O3/c1-7(2)14-4-3-11-6-8(5-10-11)9(12)13/h5-7H,3-4H2,1-2H3,(H,12,13). The van der Waals surface area contributed by atoms with E-state index in [1.807, 2.05) is 13.8 Å². The highest BCUT2D eigenvalue weighted by atomic mass is 16.5. The maximum Gasteiger partial charge on any atom is 0.338 e. The molecule has 0 spiro atoms. The molecule has 5 heteroatoms. The number of carboxylic acids is 1. The Bertz CT molecular complexity index is 307. The predicted molar refractivity (Wildman–Crippen MR) is 50.3 cm³/mol. The molecule has 0 saturated heterocycles. The molecular formula is C9H14N2O3. The van der Waals surface area contributed by atoms with Gasteiger partial charge in [0.05, 0.1) is 31.0 Å². The Morgan fingerprint density at radius 3 is 2.93 bits per heavy atom. The molecule has 1 N–H and O–H groups in total. The van der Waals surface area contributed by atoms with Crippen molar-refractivity contribution in [1.82, 2.24) is 9.78 Å². The summed E-state index contributed by atoms with van der Waals surface area (Å²) in [5.41, 5.74) is 0.203. The molecule has 1 heterocycles. The maximum absolute atomic E-state index is 10.5. The van der Waals surface area contributed by atoms with Crippen LogP contribution in [0.5, 0.6) is 0 Å². The van der Waals surface area contributed by atoms with Crippen LogP contribution in [-0.4, -0.2) is 33.6 Å². The predicted octanol–water partition coefficient (Wildman–Crippen LogP) is 1.01. The molecule has 5 nitrogen and oxygen atoms in total. The SMILES string of the molecule is CC(C)OCCn1cc(C(=O)O)cn1. The van der Waals surface area contributed by atoms with Gasteiger partial charge in [0.1, 0.15) is 0 Å². The van der Waals surface area contributed by atoms with E-state index >= 15 is 0 Å². The summed E-state index contributed by atoms with van der Waals surface area (Å²) in [5.74, 6) is -0.957. The zero-order valence-corrected chi connectivity index (χ0v) is 8.30. The first-order chi connectivity index (χ1) is 6.59. The zero-order valence-electron chi connectivity index (χ0n) is 8.30. The van der Waals surface area contributed by atoms with Gasteiger partial charge in [0, 0.05) is 6.20 Å². The first kappa shape index (κ1) is 10.7. The van der Waals surface area contributed by atoms with Gasteiger partial charge >= 0.3 is 5.97 Å². The number of carboxylic acid groups (broad SMARTS) is 1. The van der Waals surface area contributed by atoms with Crippen LogP contribution in [-0.2, 0) is 11.3 Å². The van der Waals surface area contributed by atoms with Gasteiger partial charge in [-0.1, -0.05) is 0 Å². The van der Waals surface area contributed by atoms with Crippen LogP contribution in [0, 0.1) is 0 Å². The summed E-state index contributed by atoms with van der Waals surface area (Å²) in [6, 6.07) is 0. The zero-order chi connectivity index (χ0) is 10.6. The van der Waals surface area contributed by atoms with Crippen molar-refractivity contribution in [2.75, 3.05) is 6.61 Å². The molecule has 0 unspecified atom stereocenters. The highest BCUT2D eigenvalue weighted by Gasteiger charge is 2.05. The average Bonchev–Trinajstić information content (AvgIpc) is 2.52. The van der Waals surface area contributed by atoms with Crippen molar-refractivity contribution in [3.63, 3.8) is 0 Å². The Kier molecular flexibility index (Phi) is 3.64. The van der Waals surface area contributed by atoms with E-state index in [9.17, 15) is 4.79 Å². The minimum Gasteiger partial charge on any atom is -0.478 e. The summed E-state index contributed by atoms with van der Waals surface area (Å²) in [4.78, 5) is 10.5. The molecule has 1 aromatic rings. The van der Waals surface area contributed by atoms with E-state index in [-0.39, 0.29) is 11.7 Å². The second-order valence-electron chi connectivity index (χ2n) is 3.22. The van der Waals surface area contributed by atoms with Crippen LogP contribution in [0.1, 0.15) is 24.2 Å². The number of hydrogen-bond acceptors (Lipinski definition) is 3. The summed E-state index contributed by atoms with van der Waals surface area (Å²) in [6.45, 7) is 5.02. The fourth-order valence-electron chi connectivity index (χ4n) is 0.978. The molecule has 1 aromatic heterocycles. The molecule has 0 radical (unpaired) electrons. The lowest BCUT2D eigenvalue weighted by atomic mass is 10.4. The largest absolute Gasteiger partial charge is 0.478 e. The van der Waals surface area contributed by atoms with E-state index in [0.29, 0.717) is 13.2 Å². The molecule has 0 saturated carbocycles. The Morgan fingerprint density at radius 1 is 1.71 bits per heavy atom. The van der Waals surface area contributed by atoms with E-state index in [1.165, 1.54) is 12.4 Å². The fourth-order valence-corrected chi connectivity index (χ4v) is 0.978. The fraction of sp³-hybridized carbons (Fsp3) is 0.556. The summed E-state index contributed by atoms with van der Waals surface area (Å²) >= 11 is 0. The molecule has 0 aromatic carbocycles. The van der Waals surface area contributed by atoms with Crippen LogP contribution in [0.15, 0.2) is 12.4 Å². The molecule has 0 aliphatic carbocycles. The molecule has 0 fully saturated rings. The molecule has 0 amide bonds. The van der Waals surface area contributed by atoms with E-state index in [4.69, 9.17) is 9.84 Å². The van der Waals surface area contributed by atoms with Gasteiger partial charge in [0.2, 0.25) is 0 Å². The molecular weight excluding hydrogens is 184 g/mol. The molecule has 0 aliphatic heterocycles. The van der Waals surface area contributed by atoms with Crippen LogP contribution < -0.4 is 0 Å². The number of aromatic nitrogens is 2. The lowest BCUT2D eigenvalue weighted by Gasteiger charge is -2.06. The van der Waals surface area contributed by atoms with E-state index in [2.05, 4.69) is 5.10 Å². The van der Waals surface area contributed by atoms with Gasteiger partial charge in [-0.15, -0.1) is 0 Å². The van der Waals surface area contributed by atoms with E-state index in [0.717, 1.165) is 0 Å². The van der Waals surface area contributed by atoms with Crippen LogP contribution in [0.3, 0.4) is 0 Å². The first-order valence-corrected chi connectivity index (χ1v) is 4.47. The third-order valence-corrected chi connectivity index (χ3v) is 1.65. The van der Waals surface area contributed by atoms with Crippen molar-refractivity contribution in [1.29, 1.82) is 0 Å². The molecule has 14 heavy (non-hydrogen) atoms. The Labute approximate surface area is 82.3 Å². The molecule has 0 bridgehead atoms. The Hall–Kier alpha value is -1.36. The number of carbonyl (C=O) groups is 1. The van der Waals surface area contributed by atoms with Gasteiger partial charge in [-0.25, -0.2) is 4.79 Å². The smallest absolute Gasteiger partial charge is 0.338 e. The van der Waals surface area contributed by atoms with Gasteiger partial charge in [0.15, 0.2) is 0 Å². The lowest BCUT2D eigenvalue weighted by molar-refractivity contribution is 0.0687. The number of ether oxygens (including phenoxy) is 1. The van der Waals surface area contributed by atoms with Crippen molar-refractivity contribution >= 4 is 5.97 Å². The third-order valence-electron chi connectivity index (χ3n) is 1.65. The Balaban J connectivity index is 2.40. The van der Waals surface area contributed by atoms with Crippen LogP contribution in [0.4, 0.5) is 0 Å². The van der Waals surface area contributed by atoms with Crippen molar-refractivity contribution in [3.05, 3.63) is 18.0 Å². The number of aromatic carboxylic acids is 1. The van der Waals surface area contributed by atoms with Gasteiger partial charge < -0.3 is 9.84 Å². The van der Waals surface area contributed by atoms with Gasteiger partial charge in [-0.2, -0.15) is 5.10 Å². The minimum atomic E-state index is -0.957. The van der Waals surface area contributed by atoms with Crippen LogP contribution in [0.2, 0.25) is 0 Å². The van der Waals surface area contributed by atoms with Crippen molar-refractivity contribution in [2.45, 2.75) is 26.5 Å². The summed E-state index contributed by atoms with van der Waals surface area (Å²) in [6.07, 6.45) is 3.01. The van der Waals surface area contributed by atoms with Crippen molar-refractivity contribution < 1.29 is 14.6 Å². The number of nitrogens with zero attached hydrogens (tertiary/aromatic N) is 2. The second-order valence-corrected chi connectivity index (χ2v) is 3.22. The molecule has 78 valence electrons. The van der Waals surface area contributed by atoms with Gasteiger partial charge in [0.25, 0.3) is 0 Å². The molecule has 0 aliphatic rings. The summed E-state index contributed by atoms with van der Waals surface area (Å²) in [5, 5.41) is 12.5. The third kappa shape index (κ3) is 3.18. The summed E-state index contributed by atoms with van der Waals surface area (Å²) in [7, 11) is 0. The van der Waals surface area contributed by atoms with Crippen LogP contribution in [0.25, 0.3) is 0 Å². The summed E-state index contributed by atoms with van der Waals surface area (Å²) < 4.78 is 6.87. The van der Waals surface area contributed by atoms with E-state index in [1.54, 1.807) is 4.68 Å². The quantitative estimate of drug-likeness (QED) is 0.766. The average molecular weight is 198 g/mol. The highest BCUT2D eigenvalue weighted by molar-refractivity contribution is 5.86. The topological polar surface area (TPSA) is 64.3 Å². The highest BCUT2D eigenvalue weighted by Crippen LogP contribution is 1.97. The number of rotatable bonds is 5. The number of hydrogen-bond donors (Lipinski definition) is 1. The lowest BCUT2D eigenvalue weighted by Crippen LogP contribution is -2.10. The van der Waals surface area contributed by atoms with Crippen molar-refractivity contribution in [3.8, 4) is 0 Å².